The minimum atomic E-state index is -4.17. The SMILES string of the molecule is CN1CCN([C@H](CNS(=O)(=O)c2cc(F)ccc2F)c2cccn2C)CC1. The van der Waals surface area contributed by atoms with Crippen molar-refractivity contribution in [2.24, 2.45) is 7.05 Å². The lowest BCUT2D eigenvalue weighted by Crippen LogP contribution is -2.48. The number of rotatable bonds is 6. The topological polar surface area (TPSA) is 57.6 Å². The van der Waals surface area contributed by atoms with Crippen molar-refractivity contribution >= 4 is 10.0 Å². The van der Waals surface area contributed by atoms with E-state index in [-0.39, 0.29) is 12.6 Å². The molecule has 0 amide bonds. The van der Waals surface area contributed by atoms with Crippen molar-refractivity contribution in [3.63, 3.8) is 0 Å². The van der Waals surface area contributed by atoms with Gasteiger partial charge in [-0.25, -0.2) is 21.9 Å². The van der Waals surface area contributed by atoms with Gasteiger partial charge in [-0.1, -0.05) is 0 Å². The van der Waals surface area contributed by atoms with Crippen LogP contribution in [0.1, 0.15) is 11.7 Å². The summed E-state index contributed by atoms with van der Waals surface area (Å²) in [6.07, 6.45) is 1.90. The van der Waals surface area contributed by atoms with Crippen molar-refractivity contribution in [3.8, 4) is 0 Å². The third kappa shape index (κ3) is 4.55. The number of piperazine rings is 1. The summed E-state index contributed by atoms with van der Waals surface area (Å²) < 4.78 is 56.8. The van der Waals surface area contributed by atoms with E-state index < -0.39 is 26.6 Å². The molecule has 3 rings (SSSR count). The van der Waals surface area contributed by atoms with E-state index in [1.807, 2.05) is 37.0 Å². The molecule has 1 aromatic heterocycles. The van der Waals surface area contributed by atoms with Crippen LogP contribution in [-0.4, -0.2) is 62.6 Å². The van der Waals surface area contributed by atoms with E-state index in [0.29, 0.717) is 6.07 Å². The number of halogens is 2. The Hall–Kier alpha value is -1.81. The smallest absolute Gasteiger partial charge is 0.243 e. The lowest BCUT2D eigenvalue weighted by atomic mass is 10.1. The molecule has 0 spiro atoms. The molecule has 0 unspecified atom stereocenters. The molecule has 1 saturated heterocycles. The molecule has 27 heavy (non-hydrogen) atoms. The van der Waals surface area contributed by atoms with Gasteiger partial charge in [-0.15, -0.1) is 0 Å². The van der Waals surface area contributed by atoms with Crippen LogP contribution in [0.25, 0.3) is 0 Å². The number of aromatic nitrogens is 1. The number of hydrogen-bond acceptors (Lipinski definition) is 4. The maximum Gasteiger partial charge on any atom is 0.243 e. The molecule has 0 saturated carbocycles. The van der Waals surface area contributed by atoms with Gasteiger partial charge in [-0.05, 0) is 37.4 Å². The zero-order valence-corrected chi connectivity index (χ0v) is 16.2. The van der Waals surface area contributed by atoms with E-state index in [4.69, 9.17) is 0 Å². The quantitative estimate of drug-likeness (QED) is 0.803. The van der Waals surface area contributed by atoms with Crippen LogP contribution in [0.2, 0.25) is 0 Å². The summed E-state index contributed by atoms with van der Waals surface area (Å²) in [6, 6.07) is 6.05. The van der Waals surface area contributed by atoms with Gasteiger partial charge in [-0.3, -0.25) is 4.90 Å². The summed E-state index contributed by atoms with van der Waals surface area (Å²) in [5, 5.41) is 0. The highest BCUT2D eigenvalue weighted by molar-refractivity contribution is 7.89. The maximum atomic E-state index is 13.9. The Kier molecular flexibility index (Phi) is 5.95. The zero-order valence-electron chi connectivity index (χ0n) is 15.4. The third-order valence-electron chi connectivity index (χ3n) is 4.95. The van der Waals surface area contributed by atoms with E-state index in [0.717, 1.165) is 44.0 Å². The van der Waals surface area contributed by atoms with Crippen LogP contribution in [0, 0.1) is 11.6 Å². The van der Waals surface area contributed by atoms with Crippen molar-refractivity contribution in [3.05, 3.63) is 53.9 Å². The number of benzene rings is 1. The predicted octanol–water partition coefficient (Wildman–Crippen LogP) is 1.57. The molecular weight excluding hydrogens is 374 g/mol. The van der Waals surface area contributed by atoms with Crippen molar-refractivity contribution in [2.45, 2.75) is 10.9 Å². The summed E-state index contributed by atoms with van der Waals surface area (Å²) in [5.74, 6) is -1.77. The largest absolute Gasteiger partial charge is 0.353 e. The molecule has 1 fully saturated rings. The van der Waals surface area contributed by atoms with Gasteiger partial charge in [0.25, 0.3) is 0 Å². The Morgan fingerprint density at radius 2 is 1.81 bits per heavy atom. The van der Waals surface area contributed by atoms with Crippen LogP contribution in [-0.2, 0) is 17.1 Å². The van der Waals surface area contributed by atoms with E-state index >= 15 is 0 Å². The molecule has 1 aliphatic rings. The highest BCUT2D eigenvalue weighted by atomic mass is 32.2. The van der Waals surface area contributed by atoms with Crippen LogP contribution >= 0.6 is 0 Å². The number of nitrogens with one attached hydrogen (secondary N) is 1. The third-order valence-corrected chi connectivity index (χ3v) is 6.39. The molecule has 0 radical (unpaired) electrons. The van der Waals surface area contributed by atoms with Gasteiger partial charge in [-0.2, -0.15) is 0 Å². The molecule has 148 valence electrons. The first-order chi connectivity index (χ1) is 12.8. The van der Waals surface area contributed by atoms with Crippen molar-refractivity contribution in [1.82, 2.24) is 19.1 Å². The molecule has 9 heteroatoms. The average molecular weight is 398 g/mol. The summed E-state index contributed by atoms with van der Waals surface area (Å²) in [5.41, 5.74) is 0.960. The van der Waals surface area contributed by atoms with Gasteiger partial charge in [0.05, 0.1) is 6.04 Å². The standard InChI is InChI=1S/C18H24F2N4O2S/c1-22-8-10-24(11-9-22)17(16-4-3-7-23(16)2)13-21-27(25,26)18-12-14(19)5-6-15(18)20/h3-7,12,17,21H,8-11,13H2,1-2H3/t17-/m1/s1. The lowest BCUT2D eigenvalue weighted by molar-refractivity contribution is 0.109. The molecule has 0 bridgehead atoms. The maximum absolute atomic E-state index is 13.9. The van der Waals surface area contributed by atoms with Gasteiger partial charge in [0.15, 0.2) is 0 Å². The highest BCUT2D eigenvalue weighted by Crippen LogP contribution is 2.23. The van der Waals surface area contributed by atoms with E-state index in [1.165, 1.54) is 0 Å². The monoisotopic (exact) mass is 398 g/mol. The summed E-state index contributed by atoms with van der Waals surface area (Å²) in [7, 11) is -0.225. The van der Waals surface area contributed by atoms with Gasteiger partial charge in [0.2, 0.25) is 10.0 Å². The van der Waals surface area contributed by atoms with Crippen LogP contribution < -0.4 is 4.72 Å². The molecule has 6 nitrogen and oxygen atoms in total. The minimum Gasteiger partial charge on any atom is -0.353 e. The number of aryl methyl sites for hydroxylation is 1. The predicted molar refractivity (Wildman–Crippen MR) is 98.8 cm³/mol. The van der Waals surface area contributed by atoms with Gasteiger partial charge in [0.1, 0.15) is 16.5 Å². The normalized spacial score (nSPS) is 17.9. The van der Waals surface area contributed by atoms with Crippen molar-refractivity contribution in [2.75, 3.05) is 39.8 Å². The molecular formula is C18H24F2N4O2S. The van der Waals surface area contributed by atoms with Crippen molar-refractivity contribution < 1.29 is 17.2 Å². The molecule has 1 aliphatic heterocycles. The average Bonchev–Trinajstić information content (AvgIpc) is 3.04. The van der Waals surface area contributed by atoms with Gasteiger partial charge >= 0.3 is 0 Å². The second-order valence-corrected chi connectivity index (χ2v) is 8.56. The second-order valence-electron chi connectivity index (χ2n) is 6.83. The summed E-state index contributed by atoms with van der Waals surface area (Å²) in [6.45, 7) is 3.42. The number of hydrogen-bond donors (Lipinski definition) is 1. The Morgan fingerprint density at radius 1 is 1.11 bits per heavy atom. The highest BCUT2D eigenvalue weighted by Gasteiger charge is 2.28. The lowest BCUT2D eigenvalue weighted by Gasteiger charge is -2.38. The van der Waals surface area contributed by atoms with Gasteiger partial charge in [0, 0.05) is 51.7 Å². The fraction of sp³-hybridized carbons (Fsp3) is 0.444. The van der Waals surface area contributed by atoms with E-state index in [1.54, 1.807) is 0 Å². The van der Waals surface area contributed by atoms with E-state index in [2.05, 4.69) is 14.5 Å². The fourth-order valence-corrected chi connectivity index (χ4v) is 4.45. The van der Waals surface area contributed by atoms with E-state index in [9.17, 15) is 17.2 Å². The fourth-order valence-electron chi connectivity index (χ4n) is 3.32. The second kappa shape index (κ2) is 8.05. The molecule has 2 aromatic rings. The first-order valence-electron chi connectivity index (χ1n) is 8.76. The molecule has 2 heterocycles. The first kappa shape index (κ1) is 19.9. The molecule has 1 atom stereocenters. The van der Waals surface area contributed by atoms with Crippen molar-refractivity contribution in [1.29, 1.82) is 0 Å². The summed E-state index contributed by atoms with van der Waals surface area (Å²) >= 11 is 0. The number of sulfonamides is 1. The van der Waals surface area contributed by atoms with Crippen LogP contribution in [0.3, 0.4) is 0 Å². The Bertz CT molecular complexity index is 893. The van der Waals surface area contributed by atoms with Crippen LogP contribution in [0.15, 0.2) is 41.4 Å². The summed E-state index contributed by atoms with van der Waals surface area (Å²) in [4.78, 5) is 3.75. The minimum absolute atomic E-state index is 0.0693. The molecule has 1 aromatic carbocycles. The number of likely N-dealkylation sites (N-methyl/N-ethyl adjacent to an activating group) is 1. The zero-order chi connectivity index (χ0) is 19.6. The van der Waals surface area contributed by atoms with Crippen LogP contribution in [0.5, 0.6) is 0 Å². The molecule has 1 N–H and O–H groups in total. The molecule has 0 aliphatic carbocycles. The Morgan fingerprint density at radius 3 is 2.44 bits per heavy atom. The Labute approximate surface area is 158 Å². The first-order valence-corrected chi connectivity index (χ1v) is 10.2. The number of nitrogens with zero attached hydrogens (tertiary/aromatic N) is 3. The van der Waals surface area contributed by atoms with Crippen LogP contribution in [0.4, 0.5) is 8.78 Å². The Balaban J connectivity index is 1.82. The van der Waals surface area contributed by atoms with Gasteiger partial charge < -0.3 is 9.47 Å².